The van der Waals surface area contributed by atoms with Crippen molar-refractivity contribution in [1.82, 2.24) is 0 Å². The van der Waals surface area contributed by atoms with Crippen LogP contribution in [0.15, 0.2) is 47.4 Å². The summed E-state index contributed by atoms with van der Waals surface area (Å²) in [7, 11) is -5.02. The summed E-state index contributed by atoms with van der Waals surface area (Å²) < 4.78 is 46.9. The smallest absolute Gasteiger partial charge is 0.744 e. The minimum absolute atomic E-state index is 0. The van der Waals surface area contributed by atoms with E-state index >= 15 is 0 Å². The van der Waals surface area contributed by atoms with E-state index in [0.717, 1.165) is 44.6 Å². The number of esters is 2. The fraction of sp³-hybridized carbons (Fsp3) is 0.760. The van der Waals surface area contributed by atoms with Crippen molar-refractivity contribution >= 4 is 22.1 Å². The molecule has 334 valence electrons. The maximum absolute atomic E-state index is 13.1. The minimum atomic E-state index is -5.02. The number of allylic oxidation sites excluding steroid dienone is 4. The summed E-state index contributed by atoms with van der Waals surface area (Å²) in [5, 5.41) is 0. The number of carbonyl (C=O) groups excluding carboxylic acids is 2. The number of unbranched alkanes of at least 4 members (excludes halogenated alkanes) is 32. The van der Waals surface area contributed by atoms with Gasteiger partial charge in [-0.05, 0) is 64.5 Å². The summed E-state index contributed by atoms with van der Waals surface area (Å²) in [6.07, 6.45) is 50.6. The van der Waals surface area contributed by atoms with Gasteiger partial charge in [-0.2, -0.15) is 0 Å². The Morgan fingerprint density at radius 2 is 0.763 bits per heavy atom. The number of carbonyl (C=O) groups is 2. The van der Waals surface area contributed by atoms with Crippen LogP contribution in [0.2, 0.25) is 0 Å². The predicted octanol–water partition coefficient (Wildman–Crippen LogP) is 12.3. The van der Waals surface area contributed by atoms with Crippen LogP contribution >= 0.6 is 0 Å². The summed E-state index contributed by atoms with van der Waals surface area (Å²) in [5.74, 6) is -1.80. The van der Waals surface area contributed by atoms with Crippen LogP contribution in [0.1, 0.15) is 253 Å². The first-order valence-electron chi connectivity index (χ1n) is 24.0. The Bertz CT molecular complexity index is 1310. The van der Waals surface area contributed by atoms with E-state index in [0.29, 0.717) is 12.8 Å². The van der Waals surface area contributed by atoms with Crippen molar-refractivity contribution in [3.8, 4) is 0 Å². The standard InChI is InChI=1S/C50H86O7S.Na/c1-3-5-7-9-11-13-15-17-19-21-23-25-27-29-31-33-35-37-39-44-56-49(51)46-42-41-43-47(58(53,54)55)48(46)50(52)57-45-40-38-36-34-32-30-28-26-24-22-20-18-16-14-12-10-8-6-4-2;/h3-6,41-43H,7-40,44-45H2,1-2H3,(H,53,54,55);/q;+1/p-1/b5-3+,6-4+;. The first kappa shape index (κ1) is 57.5. The van der Waals surface area contributed by atoms with Crippen molar-refractivity contribution in [3.63, 3.8) is 0 Å². The van der Waals surface area contributed by atoms with Crippen molar-refractivity contribution in [3.05, 3.63) is 53.6 Å². The summed E-state index contributed by atoms with van der Waals surface area (Å²) in [6.45, 7) is 4.43. The maximum Gasteiger partial charge on any atom is 1.00 e. The summed E-state index contributed by atoms with van der Waals surface area (Å²) in [6, 6.07) is 3.64. The van der Waals surface area contributed by atoms with Crippen LogP contribution in [0, 0.1) is 0 Å². The molecule has 7 nitrogen and oxygen atoms in total. The van der Waals surface area contributed by atoms with Gasteiger partial charge in [0.05, 0.1) is 29.2 Å². The van der Waals surface area contributed by atoms with Crippen LogP contribution in [0.4, 0.5) is 0 Å². The van der Waals surface area contributed by atoms with Crippen molar-refractivity contribution in [2.24, 2.45) is 0 Å². The zero-order valence-corrected chi connectivity index (χ0v) is 41.1. The Morgan fingerprint density at radius 1 is 0.475 bits per heavy atom. The molecule has 0 atom stereocenters. The molecular formula is C50H85NaO7S. The van der Waals surface area contributed by atoms with Gasteiger partial charge in [0.2, 0.25) is 0 Å². The number of hydrogen-bond acceptors (Lipinski definition) is 7. The first-order valence-corrected chi connectivity index (χ1v) is 25.4. The average Bonchev–Trinajstić information content (AvgIpc) is 3.21. The zero-order chi connectivity index (χ0) is 42.2. The summed E-state index contributed by atoms with van der Waals surface area (Å²) in [4.78, 5) is 25.3. The van der Waals surface area contributed by atoms with E-state index in [2.05, 4.69) is 38.2 Å². The van der Waals surface area contributed by atoms with Gasteiger partial charge in [0.15, 0.2) is 0 Å². The van der Waals surface area contributed by atoms with E-state index in [9.17, 15) is 22.6 Å². The topological polar surface area (TPSA) is 110 Å². The number of benzene rings is 1. The molecule has 59 heavy (non-hydrogen) atoms. The van der Waals surface area contributed by atoms with E-state index in [-0.39, 0.29) is 48.3 Å². The van der Waals surface area contributed by atoms with E-state index < -0.39 is 32.5 Å². The number of hydrogen-bond donors (Lipinski definition) is 0. The molecule has 1 aromatic carbocycles. The van der Waals surface area contributed by atoms with E-state index in [1.165, 1.54) is 179 Å². The van der Waals surface area contributed by atoms with Gasteiger partial charge in [0.25, 0.3) is 0 Å². The normalized spacial score (nSPS) is 11.7. The van der Waals surface area contributed by atoms with Gasteiger partial charge in [0.1, 0.15) is 10.1 Å². The van der Waals surface area contributed by atoms with Crippen molar-refractivity contribution < 1.29 is 61.6 Å². The van der Waals surface area contributed by atoms with Crippen molar-refractivity contribution in [2.75, 3.05) is 13.2 Å². The second kappa shape index (κ2) is 41.9. The molecule has 0 unspecified atom stereocenters. The molecule has 0 bridgehead atoms. The third-order valence-corrected chi connectivity index (χ3v) is 12.1. The van der Waals surface area contributed by atoms with Crippen LogP contribution in [-0.4, -0.2) is 38.1 Å². The molecule has 9 heteroatoms. The molecule has 1 aromatic rings. The zero-order valence-electron chi connectivity index (χ0n) is 38.3. The third kappa shape index (κ3) is 33.8. The van der Waals surface area contributed by atoms with Gasteiger partial charge in [-0.15, -0.1) is 0 Å². The van der Waals surface area contributed by atoms with Gasteiger partial charge in [-0.1, -0.05) is 210 Å². The molecule has 0 amide bonds. The predicted molar refractivity (Wildman–Crippen MR) is 242 cm³/mol. The second-order valence-corrected chi connectivity index (χ2v) is 17.8. The van der Waals surface area contributed by atoms with Crippen LogP contribution in [0.3, 0.4) is 0 Å². The van der Waals surface area contributed by atoms with Gasteiger partial charge in [0, 0.05) is 0 Å². The quantitative estimate of drug-likeness (QED) is 0.0212. The van der Waals surface area contributed by atoms with Crippen molar-refractivity contribution in [2.45, 2.75) is 237 Å². The molecular weight excluding hydrogens is 768 g/mol. The average molecular weight is 853 g/mol. The Morgan fingerprint density at radius 3 is 1.07 bits per heavy atom. The molecule has 1 rings (SSSR count). The van der Waals surface area contributed by atoms with E-state index in [4.69, 9.17) is 9.47 Å². The van der Waals surface area contributed by atoms with Crippen LogP contribution < -0.4 is 29.6 Å². The molecule has 0 saturated heterocycles. The molecule has 0 heterocycles. The van der Waals surface area contributed by atoms with Gasteiger partial charge in [-0.3, -0.25) is 0 Å². The SMILES string of the molecule is C/C=C/CCCCCCCCCCCCCCCCCCOC(=O)c1cccc(S(=O)(=O)[O-])c1C(=O)OCCCCCCCCCCCCCCCCCC/C=C/C.[Na+]. The minimum Gasteiger partial charge on any atom is -0.744 e. The van der Waals surface area contributed by atoms with Gasteiger partial charge < -0.3 is 14.0 Å². The Hall–Kier alpha value is -1.45. The fourth-order valence-electron chi connectivity index (χ4n) is 7.61. The van der Waals surface area contributed by atoms with Crippen molar-refractivity contribution in [1.29, 1.82) is 0 Å². The van der Waals surface area contributed by atoms with E-state index in [1.54, 1.807) is 0 Å². The number of ether oxygens (including phenoxy) is 2. The molecule has 0 aliphatic heterocycles. The Labute approximate surface area is 385 Å². The molecule has 0 radical (unpaired) electrons. The first-order chi connectivity index (χ1) is 28.3. The molecule has 0 saturated carbocycles. The van der Waals surface area contributed by atoms with Crippen LogP contribution in [0.25, 0.3) is 0 Å². The van der Waals surface area contributed by atoms with Crippen LogP contribution in [0.5, 0.6) is 0 Å². The third-order valence-electron chi connectivity index (χ3n) is 11.2. The van der Waals surface area contributed by atoms with E-state index in [1.807, 2.05) is 0 Å². The molecule has 0 spiro atoms. The largest absolute Gasteiger partial charge is 1.00 e. The molecule has 0 fully saturated rings. The maximum atomic E-state index is 13.1. The summed E-state index contributed by atoms with van der Waals surface area (Å²) >= 11 is 0. The Kier molecular flexibility index (Phi) is 40.9. The van der Waals surface area contributed by atoms with Gasteiger partial charge in [-0.25, -0.2) is 18.0 Å². The number of rotatable bonds is 41. The molecule has 0 N–H and O–H groups in total. The summed E-state index contributed by atoms with van der Waals surface area (Å²) in [5.41, 5.74) is -0.770. The molecule has 0 aliphatic rings. The van der Waals surface area contributed by atoms with Crippen LogP contribution in [-0.2, 0) is 19.6 Å². The molecule has 0 aliphatic carbocycles. The van der Waals surface area contributed by atoms with Gasteiger partial charge >= 0.3 is 41.5 Å². The monoisotopic (exact) mass is 853 g/mol. The Balaban J connectivity index is 0.0000336. The second-order valence-electron chi connectivity index (χ2n) is 16.4. The fourth-order valence-corrected chi connectivity index (χ4v) is 8.30. The molecule has 0 aromatic heterocycles.